The van der Waals surface area contributed by atoms with Crippen LogP contribution >= 0.6 is 0 Å². The van der Waals surface area contributed by atoms with Crippen LogP contribution in [0.5, 0.6) is 0 Å². The number of hydrogen-bond donors (Lipinski definition) is 1. The van der Waals surface area contributed by atoms with E-state index in [0.29, 0.717) is 5.41 Å². The maximum Gasteiger partial charge on any atom is 0.303 e. The van der Waals surface area contributed by atoms with Gasteiger partial charge in [-0.25, -0.2) is 0 Å². The van der Waals surface area contributed by atoms with Crippen LogP contribution < -0.4 is 0 Å². The van der Waals surface area contributed by atoms with Crippen LogP contribution in [0.3, 0.4) is 0 Å². The van der Waals surface area contributed by atoms with Crippen molar-refractivity contribution in [2.45, 2.75) is 32.3 Å². The first-order chi connectivity index (χ1) is 5.62. The molecule has 2 rings (SSSR count). The van der Waals surface area contributed by atoms with Gasteiger partial charge in [0, 0.05) is 6.61 Å². The first kappa shape index (κ1) is 8.05. The van der Waals surface area contributed by atoms with E-state index in [1.54, 1.807) is 0 Å². The second-order valence-electron chi connectivity index (χ2n) is 4.26. The number of ether oxygens (including phenoxy) is 1. The van der Waals surface area contributed by atoms with Gasteiger partial charge >= 0.3 is 5.97 Å². The molecule has 3 nitrogen and oxygen atoms in total. The molecule has 1 N–H and O–H groups in total. The lowest BCUT2D eigenvalue weighted by molar-refractivity contribution is -0.145. The summed E-state index contributed by atoms with van der Waals surface area (Å²) in [6.07, 6.45) is 2.64. The molecule has 3 unspecified atom stereocenters. The summed E-state index contributed by atoms with van der Waals surface area (Å²) in [5.41, 5.74) is 0.306. The highest BCUT2D eigenvalue weighted by Crippen LogP contribution is 2.54. The number of aliphatic carboxylic acids is 1. The average Bonchev–Trinajstić information content (AvgIpc) is 2.23. The predicted octanol–water partition coefficient (Wildman–Crippen LogP) is 1.28. The third-order valence-electron chi connectivity index (χ3n) is 3.25. The summed E-state index contributed by atoms with van der Waals surface area (Å²) >= 11 is 0. The van der Waals surface area contributed by atoms with Gasteiger partial charge in [-0.15, -0.1) is 0 Å². The Morgan fingerprint density at radius 3 is 3.08 bits per heavy atom. The molecule has 2 fully saturated rings. The molecule has 1 aliphatic heterocycles. The monoisotopic (exact) mass is 170 g/mol. The summed E-state index contributed by atoms with van der Waals surface area (Å²) in [5, 5.41) is 8.60. The van der Waals surface area contributed by atoms with Crippen LogP contribution in [0.1, 0.15) is 26.2 Å². The molecule has 68 valence electrons. The Hall–Kier alpha value is -0.570. The minimum atomic E-state index is -0.697. The zero-order chi connectivity index (χ0) is 8.77. The van der Waals surface area contributed by atoms with Crippen molar-refractivity contribution in [3.8, 4) is 0 Å². The maximum absolute atomic E-state index is 10.4. The Morgan fingerprint density at radius 1 is 1.75 bits per heavy atom. The van der Waals surface area contributed by atoms with E-state index in [0.717, 1.165) is 19.4 Å². The number of rotatable bonds is 2. The van der Waals surface area contributed by atoms with Gasteiger partial charge in [0.05, 0.1) is 12.5 Å². The summed E-state index contributed by atoms with van der Waals surface area (Å²) < 4.78 is 5.51. The van der Waals surface area contributed by atoms with Crippen molar-refractivity contribution < 1.29 is 14.6 Å². The van der Waals surface area contributed by atoms with E-state index in [9.17, 15) is 4.79 Å². The molecular weight excluding hydrogens is 156 g/mol. The molecule has 12 heavy (non-hydrogen) atoms. The molecule has 1 aliphatic carbocycles. The lowest BCUT2D eigenvalue weighted by Crippen LogP contribution is -2.48. The fraction of sp³-hybridized carbons (Fsp3) is 0.889. The van der Waals surface area contributed by atoms with E-state index in [2.05, 4.69) is 6.92 Å². The van der Waals surface area contributed by atoms with Gasteiger partial charge in [-0.3, -0.25) is 4.79 Å². The Kier molecular flexibility index (Phi) is 1.65. The Balaban J connectivity index is 1.95. The number of carbonyl (C=O) groups is 1. The fourth-order valence-electron chi connectivity index (χ4n) is 2.63. The number of fused-ring (bicyclic) bond motifs is 1. The molecule has 1 heterocycles. The molecule has 1 saturated carbocycles. The molecule has 0 bridgehead atoms. The third kappa shape index (κ3) is 1.04. The normalized spacial score (nSPS) is 45.1. The average molecular weight is 170 g/mol. The highest BCUT2D eigenvalue weighted by molar-refractivity contribution is 5.67. The van der Waals surface area contributed by atoms with E-state index in [-0.39, 0.29) is 18.4 Å². The van der Waals surface area contributed by atoms with Gasteiger partial charge in [0.1, 0.15) is 0 Å². The third-order valence-corrected chi connectivity index (χ3v) is 3.25. The second kappa shape index (κ2) is 2.46. The van der Waals surface area contributed by atoms with Gasteiger partial charge in [0.15, 0.2) is 0 Å². The van der Waals surface area contributed by atoms with E-state index < -0.39 is 5.97 Å². The van der Waals surface area contributed by atoms with Crippen LogP contribution in [0.4, 0.5) is 0 Å². The number of carboxylic acid groups (broad SMARTS) is 1. The zero-order valence-corrected chi connectivity index (χ0v) is 7.25. The molecule has 0 aromatic rings. The summed E-state index contributed by atoms with van der Waals surface area (Å²) in [5.74, 6) is -0.424. The van der Waals surface area contributed by atoms with Crippen molar-refractivity contribution in [3.63, 3.8) is 0 Å². The molecule has 0 amide bonds. The molecule has 0 aromatic heterocycles. The number of hydrogen-bond acceptors (Lipinski definition) is 2. The smallest absolute Gasteiger partial charge is 0.303 e. The quantitative estimate of drug-likeness (QED) is 0.679. The second-order valence-corrected chi connectivity index (χ2v) is 4.26. The largest absolute Gasteiger partial charge is 0.481 e. The van der Waals surface area contributed by atoms with Crippen molar-refractivity contribution in [3.05, 3.63) is 0 Å². The Labute approximate surface area is 71.7 Å². The van der Waals surface area contributed by atoms with Gasteiger partial charge in [-0.2, -0.15) is 0 Å². The highest BCUT2D eigenvalue weighted by atomic mass is 16.5. The Morgan fingerprint density at radius 2 is 2.50 bits per heavy atom. The van der Waals surface area contributed by atoms with Crippen LogP contribution in [0.25, 0.3) is 0 Å². The van der Waals surface area contributed by atoms with Crippen molar-refractivity contribution >= 4 is 5.97 Å². The van der Waals surface area contributed by atoms with Gasteiger partial charge in [0.2, 0.25) is 0 Å². The van der Waals surface area contributed by atoms with Crippen molar-refractivity contribution in [1.29, 1.82) is 0 Å². The van der Waals surface area contributed by atoms with E-state index in [1.807, 2.05) is 0 Å². The van der Waals surface area contributed by atoms with Crippen LogP contribution in [0.15, 0.2) is 0 Å². The summed E-state index contributed by atoms with van der Waals surface area (Å²) in [7, 11) is 0. The predicted molar refractivity (Wildman–Crippen MR) is 42.8 cm³/mol. The van der Waals surface area contributed by atoms with Gasteiger partial charge < -0.3 is 9.84 Å². The number of carboxylic acids is 1. The molecule has 2 aliphatic rings. The standard InChI is InChI=1S/C9H14O3/c1-9-2-3-12-8(9)6(5-9)4-7(10)11/h6,8H,2-5H2,1H3,(H,10,11). The highest BCUT2D eigenvalue weighted by Gasteiger charge is 2.54. The fourth-order valence-corrected chi connectivity index (χ4v) is 2.63. The summed E-state index contributed by atoms with van der Waals surface area (Å²) in [4.78, 5) is 10.4. The van der Waals surface area contributed by atoms with Crippen molar-refractivity contribution in [2.75, 3.05) is 6.61 Å². The lowest BCUT2D eigenvalue weighted by Gasteiger charge is -2.47. The molecular formula is C9H14O3. The Bertz CT molecular complexity index is 214. The van der Waals surface area contributed by atoms with Gasteiger partial charge in [-0.1, -0.05) is 6.92 Å². The molecule has 0 radical (unpaired) electrons. The zero-order valence-electron chi connectivity index (χ0n) is 7.25. The van der Waals surface area contributed by atoms with Gasteiger partial charge in [0.25, 0.3) is 0 Å². The minimum absolute atomic E-state index is 0.230. The first-order valence-corrected chi connectivity index (χ1v) is 4.45. The molecule has 1 saturated heterocycles. The SMILES string of the molecule is CC12CCOC1C(CC(=O)O)C2. The first-order valence-electron chi connectivity index (χ1n) is 4.45. The maximum atomic E-state index is 10.4. The summed E-state index contributed by atoms with van der Waals surface area (Å²) in [6, 6.07) is 0. The van der Waals surface area contributed by atoms with Crippen LogP contribution in [0.2, 0.25) is 0 Å². The molecule has 0 spiro atoms. The molecule has 3 atom stereocenters. The van der Waals surface area contributed by atoms with Crippen LogP contribution in [-0.2, 0) is 9.53 Å². The molecule has 0 aromatic carbocycles. The molecule has 3 heteroatoms. The summed E-state index contributed by atoms with van der Waals surface area (Å²) in [6.45, 7) is 3.01. The lowest BCUT2D eigenvalue weighted by atomic mass is 9.59. The van der Waals surface area contributed by atoms with Crippen molar-refractivity contribution in [1.82, 2.24) is 0 Å². The van der Waals surface area contributed by atoms with E-state index in [4.69, 9.17) is 9.84 Å². The van der Waals surface area contributed by atoms with Gasteiger partial charge in [-0.05, 0) is 24.2 Å². The van der Waals surface area contributed by atoms with Crippen LogP contribution in [0, 0.1) is 11.3 Å². The van der Waals surface area contributed by atoms with E-state index >= 15 is 0 Å². The minimum Gasteiger partial charge on any atom is -0.481 e. The van der Waals surface area contributed by atoms with Crippen molar-refractivity contribution in [2.24, 2.45) is 11.3 Å². The van der Waals surface area contributed by atoms with E-state index in [1.165, 1.54) is 0 Å². The van der Waals surface area contributed by atoms with Crippen LogP contribution in [-0.4, -0.2) is 23.8 Å². The topological polar surface area (TPSA) is 46.5 Å².